The molecule has 1 rings (SSSR count). The highest BCUT2D eigenvalue weighted by molar-refractivity contribution is 8.08. The molecule has 0 fully saturated rings. The van der Waals surface area contributed by atoms with Crippen molar-refractivity contribution in [2.24, 2.45) is 0 Å². The molecular formula is C8H6ClNO2S. The first-order chi connectivity index (χ1) is 6.19. The van der Waals surface area contributed by atoms with Crippen molar-refractivity contribution in [3.05, 3.63) is 23.8 Å². The fraction of sp³-hybridized carbons (Fsp3) is 0.125. The van der Waals surface area contributed by atoms with Crippen molar-refractivity contribution in [1.29, 1.82) is 5.26 Å². The first kappa shape index (κ1) is 10.0. The summed E-state index contributed by atoms with van der Waals surface area (Å²) in [5.41, 5.74) is 0.271. The van der Waals surface area contributed by atoms with E-state index < -0.39 is 10.0 Å². The topological polar surface area (TPSA) is 50.1 Å². The maximum atomic E-state index is 10.9. The van der Waals surface area contributed by atoms with Gasteiger partial charge in [0.1, 0.15) is 21.8 Å². The van der Waals surface area contributed by atoms with Gasteiger partial charge in [0.05, 0.1) is 17.6 Å². The van der Waals surface area contributed by atoms with E-state index in [9.17, 15) is 4.21 Å². The Balaban J connectivity index is 3.26. The van der Waals surface area contributed by atoms with Gasteiger partial charge in [0.15, 0.2) is 0 Å². The van der Waals surface area contributed by atoms with Crippen LogP contribution >= 0.6 is 10.7 Å². The summed E-state index contributed by atoms with van der Waals surface area (Å²) >= 11 is 0. The van der Waals surface area contributed by atoms with E-state index in [1.807, 2.05) is 6.07 Å². The molecule has 1 aromatic rings. The molecule has 0 spiro atoms. The number of rotatable bonds is 2. The molecule has 1 atom stereocenters. The Bertz CT molecular complexity index is 386. The second-order valence-corrected chi connectivity index (χ2v) is 3.93. The summed E-state index contributed by atoms with van der Waals surface area (Å²) in [5.74, 6) is 0.544. The predicted octanol–water partition coefficient (Wildman–Crippen LogP) is 1.83. The lowest BCUT2D eigenvalue weighted by atomic mass is 10.2. The van der Waals surface area contributed by atoms with Gasteiger partial charge in [0, 0.05) is 0 Å². The average Bonchev–Trinajstić information content (AvgIpc) is 2.16. The van der Waals surface area contributed by atoms with Crippen LogP contribution in [0.1, 0.15) is 5.56 Å². The van der Waals surface area contributed by atoms with Gasteiger partial charge in [-0.05, 0) is 28.9 Å². The zero-order valence-electron chi connectivity index (χ0n) is 6.78. The van der Waals surface area contributed by atoms with Crippen LogP contribution in [0.4, 0.5) is 0 Å². The van der Waals surface area contributed by atoms with Crippen LogP contribution in [0, 0.1) is 11.3 Å². The monoisotopic (exact) mass is 215 g/mol. The molecule has 68 valence electrons. The van der Waals surface area contributed by atoms with Crippen LogP contribution in [-0.4, -0.2) is 11.3 Å². The van der Waals surface area contributed by atoms with E-state index in [1.165, 1.54) is 19.2 Å². The van der Waals surface area contributed by atoms with Crippen molar-refractivity contribution in [3.8, 4) is 11.8 Å². The third-order valence-electron chi connectivity index (χ3n) is 1.48. The number of benzene rings is 1. The van der Waals surface area contributed by atoms with Gasteiger partial charge in [-0.2, -0.15) is 5.26 Å². The maximum absolute atomic E-state index is 10.9. The van der Waals surface area contributed by atoms with Crippen molar-refractivity contribution < 1.29 is 8.95 Å². The molecule has 0 aliphatic rings. The summed E-state index contributed by atoms with van der Waals surface area (Å²) in [7, 11) is 5.20. The smallest absolute Gasteiger partial charge is 0.148 e. The molecule has 0 aliphatic carbocycles. The van der Waals surface area contributed by atoms with Crippen LogP contribution in [0.5, 0.6) is 5.75 Å². The van der Waals surface area contributed by atoms with Crippen molar-refractivity contribution in [2.45, 2.75) is 4.90 Å². The molecule has 3 nitrogen and oxygen atoms in total. The zero-order valence-corrected chi connectivity index (χ0v) is 8.35. The minimum Gasteiger partial charge on any atom is -0.497 e. The van der Waals surface area contributed by atoms with Gasteiger partial charge in [0.2, 0.25) is 0 Å². The Kier molecular flexibility index (Phi) is 3.29. The summed E-state index contributed by atoms with van der Waals surface area (Å²) in [4.78, 5) is 0.310. The van der Waals surface area contributed by atoms with E-state index in [2.05, 4.69) is 0 Å². The molecule has 0 aromatic heterocycles. The van der Waals surface area contributed by atoms with E-state index in [0.717, 1.165) is 0 Å². The van der Waals surface area contributed by atoms with Gasteiger partial charge in [-0.15, -0.1) is 0 Å². The quantitative estimate of drug-likeness (QED) is 0.708. The molecule has 0 N–H and O–H groups in total. The fourth-order valence-electron chi connectivity index (χ4n) is 0.863. The molecule has 13 heavy (non-hydrogen) atoms. The lowest BCUT2D eigenvalue weighted by Gasteiger charge is -2.01. The van der Waals surface area contributed by atoms with E-state index >= 15 is 0 Å². The molecular weight excluding hydrogens is 210 g/mol. The van der Waals surface area contributed by atoms with Crippen molar-refractivity contribution in [1.82, 2.24) is 0 Å². The van der Waals surface area contributed by atoms with Crippen LogP contribution in [0.15, 0.2) is 23.1 Å². The van der Waals surface area contributed by atoms with Gasteiger partial charge in [0.25, 0.3) is 0 Å². The van der Waals surface area contributed by atoms with Crippen molar-refractivity contribution >= 4 is 20.7 Å². The summed E-state index contributed by atoms with van der Waals surface area (Å²) in [6, 6.07) is 6.51. The minimum absolute atomic E-state index is 0.271. The third kappa shape index (κ3) is 2.20. The molecule has 0 heterocycles. The van der Waals surface area contributed by atoms with Crippen LogP contribution in [0.25, 0.3) is 0 Å². The Labute approximate surface area is 82.8 Å². The number of nitriles is 1. The Morgan fingerprint density at radius 3 is 2.77 bits per heavy atom. The molecule has 0 aliphatic heterocycles. The van der Waals surface area contributed by atoms with E-state index in [0.29, 0.717) is 10.6 Å². The molecule has 0 saturated carbocycles. The fourth-order valence-corrected chi connectivity index (χ4v) is 1.72. The number of hydrogen-bond acceptors (Lipinski definition) is 3. The largest absolute Gasteiger partial charge is 0.497 e. The normalized spacial score (nSPS) is 11.8. The standard InChI is InChI=1S/C8H6ClNO2S/c1-12-7-2-3-8(13(9)11)6(4-7)5-10/h2-4H,1H3. The Hall–Kier alpha value is -1.05. The second-order valence-electron chi connectivity index (χ2n) is 2.20. The Morgan fingerprint density at radius 2 is 2.31 bits per heavy atom. The summed E-state index contributed by atoms with van der Waals surface area (Å²) < 4.78 is 15.8. The highest BCUT2D eigenvalue weighted by Crippen LogP contribution is 2.21. The SMILES string of the molecule is COc1ccc(S(=O)Cl)c(C#N)c1. The molecule has 1 unspecified atom stereocenters. The van der Waals surface area contributed by atoms with Crippen LogP contribution in [0.2, 0.25) is 0 Å². The van der Waals surface area contributed by atoms with Crippen LogP contribution in [0.3, 0.4) is 0 Å². The second kappa shape index (κ2) is 4.26. The first-order valence-electron chi connectivity index (χ1n) is 3.35. The van der Waals surface area contributed by atoms with Gasteiger partial charge < -0.3 is 4.74 Å². The number of hydrogen-bond donors (Lipinski definition) is 0. The first-order valence-corrected chi connectivity index (χ1v) is 5.33. The summed E-state index contributed by atoms with van der Waals surface area (Å²) in [5, 5.41) is 8.69. The summed E-state index contributed by atoms with van der Waals surface area (Å²) in [6.07, 6.45) is 0. The number of nitrogens with zero attached hydrogens (tertiary/aromatic N) is 1. The molecule has 0 amide bonds. The predicted molar refractivity (Wildman–Crippen MR) is 50.0 cm³/mol. The van der Waals surface area contributed by atoms with Gasteiger partial charge in [-0.3, -0.25) is 0 Å². The zero-order chi connectivity index (χ0) is 9.84. The average molecular weight is 216 g/mol. The van der Waals surface area contributed by atoms with Crippen LogP contribution < -0.4 is 4.74 Å². The Morgan fingerprint density at radius 1 is 1.62 bits per heavy atom. The minimum atomic E-state index is -1.66. The molecule has 5 heteroatoms. The highest BCUT2D eigenvalue weighted by Gasteiger charge is 2.08. The van der Waals surface area contributed by atoms with E-state index in [-0.39, 0.29) is 5.56 Å². The number of ether oxygens (including phenoxy) is 1. The highest BCUT2D eigenvalue weighted by atomic mass is 35.7. The molecule has 0 radical (unpaired) electrons. The molecule has 0 saturated heterocycles. The third-order valence-corrected chi connectivity index (χ3v) is 2.68. The van der Waals surface area contributed by atoms with Crippen molar-refractivity contribution in [2.75, 3.05) is 7.11 Å². The maximum Gasteiger partial charge on any atom is 0.148 e. The van der Waals surface area contributed by atoms with Gasteiger partial charge in [-0.1, -0.05) is 0 Å². The lowest BCUT2D eigenvalue weighted by Crippen LogP contribution is -1.90. The van der Waals surface area contributed by atoms with Gasteiger partial charge in [-0.25, -0.2) is 4.21 Å². The number of methoxy groups -OCH3 is 1. The van der Waals surface area contributed by atoms with Gasteiger partial charge >= 0.3 is 0 Å². The summed E-state index contributed by atoms with van der Waals surface area (Å²) in [6.45, 7) is 0. The van der Waals surface area contributed by atoms with Crippen molar-refractivity contribution in [3.63, 3.8) is 0 Å². The van der Waals surface area contributed by atoms with Crippen LogP contribution in [-0.2, 0) is 10.0 Å². The van der Waals surface area contributed by atoms with E-state index in [1.54, 1.807) is 6.07 Å². The molecule has 1 aromatic carbocycles. The molecule has 0 bridgehead atoms. The van der Waals surface area contributed by atoms with E-state index in [4.69, 9.17) is 20.7 Å². The lowest BCUT2D eigenvalue weighted by molar-refractivity contribution is 0.414. The number of halogens is 1.